The second kappa shape index (κ2) is 2.53. The molecule has 0 atom stereocenters. The van der Waals surface area contributed by atoms with E-state index in [-0.39, 0.29) is 0 Å². The first kappa shape index (κ1) is 6.65. The number of H-pyrrole nitrogens is 1. The van der Waals surface area contributed by atoms with E-state index in [2.05, 4.69) is 4.98 Å². The van der Waals surface area contributed by atoms with Gasteiger partial charge in [0.05, 0.1) is 5.69 Å². The summed E-state index contributed by atoms with van der Waals surface area (Å²) in [6.07, 6.45) is 6.59. The van der Waals surface area contributed by atoms with Crippen LogP contribution in [0, 0.1) is 0 Å². The molecule has 57 valence electrons. The zero-order valence-electron chi connectivity index (χ0n) is 6.31. The molecule has 0 saturated heterocycles. The van der Waals surface area contributed by atoms with Crippen LogP contribution in [0.5, 0.6) is 0 Å². The van der Waals surface area contributed by atoms with Gasteiger partial charge in [0, 0.05) is 5.69 Å². The normalized spacial score (nSPS) is 16.0. The van der Waals surface area contributed by atoms with Gasteiger partial charge in [-0.15, -0.1) is 0 Å². The van der Waals surface area contributed by atoms with Crippen LogP contribution in [0.2, 0.25) is 0 Å². The first-order valence-electron chi connectivity index (χ1n) is 3.99. The van der Waals surface area contributed by atoms with Crippen LogP contribution in [-0.2, 0) is 17.6 Å². The number of carbonyl (C=O) groups excluding carboxylic acids is 1. The lowest BCUT2D eigenvalue weighted by atomic mass is 9.98. The summed E-state index contributed by atoms with van der Waals surface area (Å²) in [5.74, 6) is 0. The van der Waals surface area contributed by atoms with Crippen molar-refractivity contribution in [3.63, 3.8) is 0 Å². The molecule has 0 amide bonds. The fourth-order valence-corrected chi connectivity index (χ4v) is 1.66. The van der Waals surface area contributed by atoms with Gasteiger partial charge in [0.15, 0.2) is 0 Å². The van der Waals surface area contributed by atoms with Crippen LogP contribution in [0.3, 0.4) is 0 Å². The largest absolute Gasteiger partial charge is 0.355 e. The molecule has 1 aliphatic carbocycles. The Morgan fingerprint density at radius 1 is 1.36 bits per heavy atom. The Hall–Kier alpha value is -1.05. The third kappa shape index (κ3) is 1.09. The van der Waals surface area contributed by atoms with Gasteiger partial charge in [0.25, 0.3) is 6.29 Å². The van der Waals surface area contributed by atoms with E-state index in [4.69, 9.17) is 0 Å². The van der Waals surface area contributed by atoms with Crippen LogP contribution in [-0.4, -0.2) is 11.3 Å². The maximum Gasteiger partial charge on any atom is 0.251 e. The van der Waals surface area contributed by atoms with Crippen LogP contribution < -0.4 is 0 Å². The summed E-state index contributed by atoms with van der Waals surface area (Å²) in [6, 6.07) is 1.92. The summed E-state index contributed by atoms with van der Waals surface area (Å²) in [5, 5.41) is 0. The Bertz CT molecular complexity index is 252. The molecule has 1 aliphatic rings. The predicted molar refractivity (Wildman–Crippen MR) is 42.2 cm³/mol. The molecule has 1 heterocycles. The summed E-state index contributed by atoms with van der Waals surface area (Å²) in [6.45, 7) is 0. The second-order valence-corrected chi connectivity index (χ2v) is 3.00. The standard InChI is InChI=1S/C9H10NO/c11-6-8-5-7-3-1-2-4-9(7)10-8/h5,10H,1-4H2. The fourth-order valence-electron chi connectivity index (χ4n) is 1.66. The Kier molecular flexibility index (Phi) is 1.53. The first-order valence-corrected chi connectivity index (χ1v) is 3.99. The lowest BCUT2D eigenvalue weighted by molar-refractivity contribution is 0.561. The molecule has 2 nitrogen and oxygen atoms in total. The number of aromatic amines is 1. The highest BCUT2D eigenvalue weighted by atomic mass is 16.1. The molecule has 0 aromatic carbocycles. The SMILES string of the molecule is O=[C]c1cc2c([nH]1)CCCC2. The van der Waals surface area contributed by atoms with Gasteiger partial charge in [-0.05, 0) is 37.3 Å². The number of hydrogen-bond acceptors (Lipinski definition) is 1. The monoisotopic (exact) mass is 148 g/mol. The minimum Gasteiger partial charge on any atom is -0.355 e. The minimum absolute atomic E-state index is 0.608. The Morgan fingerprint density at radius 2 is 2.18 bits per heavy atom. The molecule has 1 aromatic heterocycles. The third-order valence-electron chi connectivity index (χ3n) is 2.22. The van der Waals surface area contributed by atoms with Gasteiger partial charge in [0.1, 0.15) is 0 Å². The van der Waals surface area contributed by atoms with E-state index >= 15 is 0 Å². The van der Waals surface area contributed by atoms with E-state index in [1.54, 1.807) is 0 Å². The van der Waals surface area contributed by atoms with Crippen LogP contribution in [0.25, 0.3) is 0 Å². The van der Waals surface area contributed by atoms with Crippen molar-refractivity contribution >= 4 is 6.29 Å². The lowest BCUT2D eigenvalue weighted by Gasteiger charge is -2.08. The van der Waals surface area contributed by atoms with E-state index in [0.717, 1.165) is 12.8 Å². The van der Waals surface area contributed by atoms with Gasteiger partial charge in [-0.2, -0.15) is 0 Å². The van der Waals surface area contributed by atoms with Crippen molar-refractivity contribution in [2.24, 2.45) is 0 Å². The molecule has 0 bridgehead atoms. The number of aryl methyl sites for hydroxylation is 2. The van der Waals surface area contributed by atoms with Crippen molar-refractivity contribution < 1.29 is 4.79 Å². The van der Waals surface area contributed by atoms with E-state index in [1.165, 1.54) is 24.1 Å². The number of fused-ring (bicyclic) bond motifs is 1. The molecule has 2 rings (SSSR count). The van der Waals surface area contributed by atoms with Gasteiger partial charge >= 0.3 is 0 Å². The van der Waals surface area contributed by atoms with Crippen molar-refractivity contribution in [1.29, 1.82) is 0 Å². The zero-order valence-corrected chi connectivity index (χ0v) is 6.31. The molecule has 0 spiro atoms. The molecule has 0 unspecified atom stereocenters. The molecular formula is C9H10NO. The van der Waals surface area contributed by atoms with Crippen molar-refractivity contribution in [1.82, 2.24) is 4.98 Å². The maximum atomic E-state index is 10.3. The van der Waals surface area contributed by atoms with Crippen molar-refractivity contribution in [3.8, 4) is 0 Å². The number of nitrogens with one attached hydrogen (secondary N) is 1. The van der Waals surface area contributed by atoms with Gasteiger partial charge in [0.2, 0.25) is 0 Å². The summed E-state index contributed by atoms with van der Waals surface area (Å²) in [4.78, 5) is 13.3. The molecular weight excluding hydrogens is 138 g/mol. The van der Waals surface area contributed by atoms with Crippen molar-refractivity contribution in [3.05, 3.63) is 23.0 Å². The van der Waals surface area contributed by atoms with Crippen LogP contribution in [0.4, 0.5) is 0 Å². The Balaban J connectivity index is 2.39. The van der Waals surface area contributed by atoms with Gasteiger partial charge in [-0.25, -0.2) is 0 Å². The fraction of sp³-hybridized carbons (Fsp3) is 0.444. The smallest absolute Gasteiger partial charge is 0.251 e. The zero-order chi connectivity index (χ0) is 7.68. The average molecular weight is 148 g/mol. The van der Waals surface area contributed by atoms with E-state index in [9.17, 15) is 4.79 Å². The topological polar surface area (TPSA) is 32.9 Å². The Labute approximate surface area is 65.6 Å². The number of hydrogen-bond donors (Lipinski definition) is 1. The summed E-state index contributed by atoms with van der Waals surface area (Å²) in [5.41, 5.74) is 3.17. The molecule has 1 radical (unpaired) electrons. The van der Waals surface area contributed by atoms with E-state index < -0.39 is 0 Å². The molecule has 1 N–H and O–H groups in total. The minimum atomic E-state index is 0.608. The van der Waals surface area contributed by atoms with Crippen molar-refractivity contribution in [2.75, 3.05) is 0 Å². The Morgan fingerprint density at radius 3 is 2.91 bits per heavy atom. The van der Waals surface area contributed by atoms with Crippen LogP contribution in [0.1, 0.15) is 29.8 Å². The van der Waals surface area contributed by atoms with Crippen LogP contribution in [0.15, 0.2) is 6.07 Å². The molecule has 1 aromatic rings. The number of aromatic nitrogens is 1. The highest BCUT2D eigenvalue weighted by Crippen LogP contribution is 2.20. The quantitative estimate of drug-likeness (QED) is 0.640. The van der Waals surface area contributed by atoms with Gasteiger partial charge in [-0.1, -0.05) is 0 Å². The predicted octanol–water partition coefficient (Wildman–Crippen LogP) is 1.35. The van der Waals surface area contributed by atoms with E-state index in [1.807, 2.05) is 12.4 Å². The third-order valence-corrected chi connectivity index (χ3v) is 2.22. The molecule has 11 heavy (non-hydrogen) atoms. The first-order chi connectivity index (χ1) is 5.40. The number of rotatable bonds is 1. The molecule has 0 fully saturated rings. The lowest BCUT2D eigenvalue weighted by Crippen LogP contribution is -1.99. The highest BCUT2D eigenvalue weighted by molar-refractivity contribution is 5.73. The van der Waals surface area contributed by atoms with E-state index in [0.29, 0.717) is 5.69 Å². The molecule has 0 saturated carbocycles. The van der Waals surface area contributed by atoms with Crippen LogP contribution >= 0.6 is 0 Å². The van der Waals surface area contributed by atoms with Gasteiger partial charge < -0.3 is 4.98 Å². The maximum absolute atomic E-state index is 10.3. The second-order valence-electron chi connectivity index (χ2n) is 3.00. The van der Waals surface area contributed by atoms with Crippen molar-refractivity contribution in [2.45, 2.75) is 25.7 Å². The summed E-state index contributed by atoms with van der Waals surface area (Å²) >= 11 is 0. The summed E-state index contributed by atoms with van der Waals surface area (Å²) < 4.78 is 0. The highest BCUT2D eigenvalue weighted by Gasteiger charge is 2.11. The molecule has 2 heteroatoms. The average Bonchev–Trinajstić information content (AvgIpc) is 2.46. The summed E-state index contributed by atoms with van der Waals surface area (Å²) in [7, 11) is 0. The molecule has 0 aliphatic heterocycles. The van der Waals surface area contributed by atoms with Gasteiger partial charge in [-0.3, -0.25) is 4.79 Å².